The van der Waals surface area contributed by atoms with Crippen LogP contribution in [0.3, 0.4) is 0 Å². The first-order valence-electron chi connectivity index (χ1n) is 5.59. The highest BCUT2D eigenvalue weighted by Gasteiger charge is 2.28. The van der Waals surface area contributed by atoms with Crippen LogP contribution in [0.2, 0.25) is 0 Å². The zero-order valence-electron chi connectivity index (χ0n) is 9.28. The molecular weight excluding hydrogens is 254 g/mol. The SMILES string of the molecule is CC(Cn1cc(Br)cn1)NC(C)C1CC1. The zero-order valence-corrected chi connectivity index (χ0v) is 10.9. The van der Waals surface area contributed by atoms with Crippen molar-refractivity contribution in [2.45, 2.75) is 45.3 Å². The molecule has 0 aliphatic heterocycles. The predicted molar refractivity (Wildman–Crippen MR) is 64.7 cm³/mol. The van der Waals surface area contributed by atoms with E-state index in [1.165, 1.54) is 12.8 Å². The molecule has 1 aliphatic carbocycles. The van der Waals surface area contributed by atoms with Gasteiger partial charge in [-0.05, 0) is 48.5 Å². The smallest absolute Gasteiger partial charge is 0.0632 e. The van der Waals surface area contributed by atoms with E-state index in [1.54, 1.807) is 0 Å². The van der Waals surface area contributed by atoms with Crippen molar-refractivity contribution in [1.82, 2.24) is 15.1 Å². The van der Waals surface area contributed by atoms with E-state index in [1.807, 2.05) is 17.1 Å². The van der Waals surface area contributed by atoms with Gasteiger partial charge in [-0.3, -0.25) is 4.68 Å². The average molecular weight is 272 g/mol. The fraction of sp³-hybridized carbons (Fsp3) is 0.727. The van der Waals surface area contributed by atoms with Crippen LogP contribution in [0, 0.1) is 5.92 Å². The van der Waals surface area contributed by atoms with Crippen molar-refractivity contribution in [2.75, 3.05) is 0 Å². The van der Waals surface area contributed by atoms with E-state index >= 15 is 0 Å². The molecular formula is C11H18BrN3. The van der Waals surface area contributed by atoms with Crippen molar-refractivity contribution < 1.29 is 0 Å². The van der Waals surface area contributed by atoms with Gasteiger partial charge < -0.3 is 5.32 Å². The Morgan fingerprint density at radius 1 is 1.60 bits per heavy atom. The summed E-state index contributed by atoms with van der Waals surface area (Å²) in [7, 11) is 0. The van der Waals surface area contributed by atoms with Gasteiger partial charge >= 0.3 is 0 Å². The lowest BCUT2D eigenvalue weighted by Gasteiger charge is -2.19. The third kappa shape index (κ3) is 3.31. The molecule has 84 valence electrons. The first-order valence-corrected chi connectivity index (χ1v) is 6.38. The molecule has 0 radical (unpaired) electrons. The first kappa shape index (κ1) is 11.1. The maximum absolute atomic E-state index is 4.25. The Labute approximate surface area is 99.4 Å². The summed E-state index contributed by atoms with van der Waals surface area (Å²) in [6.45, 7) is 5.43. The number of rotatable bonds is 5. The fourth-order valence-electron chi connectivity index (χ4n) is 1.95. The number of nitrogens with zero attached hydrogens (tertiary/aromatic N) is 2. The van der Waals surface area contributed by atoms with Gasteiger partial charge in [0.2, 0.25) is 0 Å². The summed E-state index contributed by atoms with van der Waals surface area (Å²) >= 11 is 3.40. The van der Waals surface area contributed by atoms with Crippen LogP contribution in [-0.4, -0.2) is 21.9 Å². The number of aromatic nitrogens is 2. The molecule has 0 bridgehead atoms. The van der Waals surface area contributed by atoms with Gasteiger partial charge in [-0.15, -0.1) is 0 Å². The van der Waals surface area contributed by atoms with Crippen LogP contribution >= 0.6 is 15.9 Å². The van der Waals surface area contributed by atoms with E-state index in [2.05, 4.69) is 40.2 Å². The molecule has 15 heavy (non-hydrogen) atoms. The maximum atomic E-state index is 4.25. The second-order valence-corrected chi connectivity index (χ2v) is 5.49. The summed E-state index contributed by atoms with van der Waals surface area (Å²) in [6, 6.07) is 1.13. The zero-order chi connectivity index (χ0) is 10.8. The highest BCUT2D eigenvalue weighted by atomic mass is 79.9. The van der Waals surface area contributed by atoms with Gasteiger partial charge in [-0.1, -0.05) is 0 Å². The van der Waals surface area contributed by atoms with Crippen molar-refractivity contribution in [3.63, 3.8) is 0 Å². The largest absolute Gasteiger partial charge is 0.310 e. The van der Waals surface area contributed by atoms with Gasteiger partial charge in [0.25, 0.3) is 0 Å². The lowest BCUT2D eigenvalue weighted by atomic mass is 10.2. The predicted octanol–water partition coefficient (Wildman–Crippen LogP) is 2.42. The Balaban J connectivity index is 1.78. The highest BCUT2D eigenvalue weighted by Crippen LogP contribution is 2.32. The number of hydrogen-bond acceptors (Lipinski definition) is 2. The van der Waals surface area contributed by atoms with Crippen LogP contribution in [0.5, 0.6) is 0 Å². The third-order valence-electron chi connectivity index (χ3n) is 2.94. The van der Waals surface area contributed by atoms with Crippen molar-refractivity contribution >= 4 is 15.9 Å². The summed E-state index contributed by atoms with van der Waals surface area (Å²) in [6.07, 6.45) is 6.64. The lowest BCUT2D eigenvalue weighted by molar-refractivity contribution is 0.385. The van der Waals surface area contributed by atoms with Crippen LogP contribution in [-0.2, 0) is 6.54 Å². The van der Waals surface area contributed by atoms with Crippen LogP contribution < -0.4 is 5.32 Å². The Hall–Kier alpha value is -0.350. The fourth-order valence-corrected chi connectivity index (χ4v) is 2.28. The summed E-state index contributed by atoms with van der Waals surface area (Å²) in [5.74, 6) is 0.914. The quantitative estimate of drug-likeness (QED) is 0.892. The summed E-state index contributed by atoms with van der Waals surface area (Å²) in [5.41, 5.74) is 0. The lowest BCUT2D eigenvalue weighted by Crippen LogP contribution is -2.38. The second kappa shape index (κ2) is 4.66. The topological polar surface area (TPSA) is 29.9 Å². The second-order valence-electron chi connectivity index (χ2n) is 4.57. The molecule has 1 fully saturated rings. The molecule has 0 saturated heterocycles. The molecule has 1 heterocycles. The molecule has 2 atom stereocenters. The molecule has 0 spiro atoms. The third-order valence-corrected chi connectivity index (χ3v) is 3.35. The molecule has 1 aromatic rings. The maximum Gasteiger partial charge on any atom is 0.0632 e. The van der Waals surface area contributed by atoms with Crippen LogP contribution in [0.4, 0.5) is 0 Å². The molecule has 0 aromatic carbocycles. The summed E-state index contributed by atoms with van der Waals surface area (Å²) < 4.78 is 3.02. The van der Waals surface area contributed by atoms with Gasteiger partial charge in [0, 0.05) is 18.3 Å². The molecule has 1 N–H and O–H groups in total. The minimum atomic E-state index is 0.479. The average Bonchev–Trinajstić information content (AvgIpc) is 2.92. The molecule has 1 aliphatic rings. The van der Waals surface area contributed by atoms with Crippen LogP contribution in [0.25, 0.3) is 0 Å². The molecule has 0 amide bonds. The Morgan fingerprint density at radius 3 is 2.87 bits per heavy atom. The Bertz CT molecular complexity index is 319. The van der Waals surface area contributed by atoms with E-state index < -0.39 is 0 Å². The minimum Gasteiger partial charge on any atom is -0.310 e. The molecule has 1 aromatic heterocycles. The normalized spacial score (nSPS) is 20.2. The summed E-state index contributed by atoms with van der Waals surface area (Å²) in [4.78, 5) is 0. The van der Waals surface area contributed by atoms with Crippen molar-refractivity contribution in [3.8, 4) is 0 Å². The molecule has 3 nitrogen and oxygen atoms in total. The van der Waals surface area contributed by atoms with E-state index in [-0.39, 0.29) is 0 Å². The number of hydrogen-bond donors (Lipinski definition) is 1. The van der Waals surface area contributed by atoms with Crippen LogP contribution in [0.1, 0.15) is 26.7 Å². The van der Waals surface area contributed by atoms with Crippen molar-refractivity contribution in [3.05, 3.63) is 16.9 Å². The Morgan fingerprint density at radius 2 is 2.33 bits per heavy atom. The molecule has 1 saturated carbocycles. The highest BCUT2D eigenvalue weighted by molar-refractivity contribution is 9.10. The molecule has 4 heteroatoms. The molecule has 2 rings (SSSR count). The minimum absolute atomic E-state index is 0.479. The van der Waals surface area contributed by atoms with Gasteiger partial charge in [0.05, 0.1) is 17.2 Å². The van der Waals surface area contributed by atoms with Gasteiger partial charge in [0.15, 0.2) is 0 Å². The van der Waals surface area contributed by atoms with Gasteiger partial charge in [-0.2, -0.15) is 5.10 Å². The van der Waals surface area contributed by atoms with Crippen molar-refractivity contribution in [2.24, 2.45) is 5.92 Å². The summed E-state index contributed by atoms with van der Waals surface area (Å²) in [5, 5.41) is 7.88. The number of halogens is 1. The van der Waals surface area contributed by atoms with E-state index in [4.69, 9.17) is 0 Å². The number of nitrogens with one attached hydrogen (secondary N) is 1. The van der Waals surface area contributed by atoms with E-state index in [0.29, 0.717) is 12.1 Å². The monoisotopic (exact) mass is 271 g/mol. The standard InChI is InChI=1S/C11H18BrN3/c1-8(14-9(2)10-3-4-10)6-15-7-11(12)5-13-15/h5,7-10,14H,3-4,6H2,1-2H3. The first-order chi connectivity index (χ1) is 7.15. The van der Waals surface area contributed by atoms with E-state index in [9.17, 15) is 0 Å². The van der Waals surface area contributed by atoms with E-state index in [0.717, 1.165) is 16.9 Å². The van der Waals surface area contributed by atoms with Crippen LogP contribution in [0.15, 0.2) is 16.9 Å². The van der Waals surface area contributed by atoms with Gasteiger partial charge in [-0.25, -0.2) is 0 Å². The Kier molecular flexibility index (Phi) is 3.46. The van der Waals surface area contributed by atoms with Gasteiger partial charge in [0.1, 0.15) is 0 Å². The molecule has 2 unspecified atom stereocenters. The van der Waals surface area contributed by atoms with Crippen molar-refractivity contribution in [1.29, 1.82) is 0 Å².